The lowest BCUT2D eigenvalue weighted by molar-refractivity contribution is 0.305. The molecule has 1 N–H and O–H groups in total. The third-order valence-electron chi connectivity index (χ3n) is 5.82. The number of aromatic nitrogens is 3. The molecule has 0 unspecified atom stereocenters. The van der Waals surface area contributed by atoms with E-state index in [1.807, 2.05) is 18.3 Å². The largest absolute Gasteiger partial charge is 0.364 e. The molecular weight excluding hydrogens is 346 g/mol. The van der Waals surface area contributed by atoms with E-state index in [1.165, 1.54) is 6.42 Å². The summed E-state index contributed by atoms with van der Waals surface area (Å²) < 4.78 is 12.4. The molecule has 2 aromatic rings. The van der Waals surface area contributed by atoms with Crippen LogP contribution in [-0.2, 0) is 17.2 Å². The zero-order chi connectivity index (χ0) is 17.7. The van der Waals surface area contributed by atoms with Crippen molar-refractivity contribution in [2.45, 2.75) is 49.0 Å². The fourth-order valence-corrected chi connectivity index (χ4v) is 5.28. The van der Waals surface area contributed by atoms with E-state index in [1.54, 1.807) is 0 Å². The molecule has 1 aliphatic carbocycles. The van der Waals surface area contributed by atoms with Crippen molar-refractivity contribution in [2.24, 2.45) is 0 Å². The predicted octanol–water partition coefficient (Wildman–Crippen LogP) is 2.49. The zero-order valence-electron chi connectivity index (χ0n) is 14.9. The van der Waals surface area contributed by atoms with Gasteiger partial charge in [-0.05, 0) is 38.3 Å². The molecule has 5 rings (SSSR count). The van der Waals surface area contributed by atoms with Gasteiger partial charge < -0.3 is 10.2 Å². The van der Waals surface area contributed by atoms with E-state index in [0.717, 1.165) is 60.4 Å². The molecule has 0 bridgehead atoms. The van der Waals surface area contributed by atoms with Crippen molar-refractivity contribution >= 4 is 22.6 Å². The summed E-state index contributed by atoms with van der Waals surface area (Å²) in [6.45, 7) is 3.99. The van der Waals surface area contributed by atoms with Crippen LogP contribution >= 0.6 is 0 Å². The van der Waals surface area contributed by atoms with E-state index in [4.69, 9.17) is 9.97 Å². The standard InChI is InChI=1S/C19H23N5OS/c1-19(7-4-8-19)23-17-16-15(6-10-26(16)25)21-18(22-17)24-11-13(12-24)14-5-2-3-9-20-14/h2-3,5,9,13H,4,6-8,10-12H2,1H3,(H,21,22,23)/t26-/m1/s1. The minimum Gasteiger partial charge on any atom is -0.364 e. The maximum Gasteiger partial charge on any atom is 0.227 e. The van der Waals surface area contributed by atoms with Gasteiger partial charge in [0, 0.05) is 48.6 Å². The Bertz CT molecular complexity index is 862. The van der Waals surface area contributed by atoms with E-state index in [9.17, 15) is 4.21 Å². The smallest absolute Gasteiger partial charge is 0.227 e. The number of hydrogen-bond donors (Lipinski definition) is 1. The second-order valence-corrected chi connectivity index (χ2v) is 9.35. The quantitative estimate of drug-likeness (QED) is 0.893. The van der Waals surface area contributed by atoms with Gasteiger partial charge in [-0.3, -0.25) is 9.19 Å². The number of fused-ring (bicyclic) bond motifs is 1. The Morgan fingerprint density at radius 1 is 1.27 bits per heavy atom. The lowest BCUT2D eigenvalue weighted by Gasteiger charge is -2.41. The predicted molar refractivity (Wildman–Crippen MR) is 102 cm³/mol. The summed E-state index contributed by atoms with van der Waals surface area (Å²) in [5.41, 5.74) is 2.17. The van der Waals surface area contributed by atoms with E-state index in [-0.39, 0.29) is 5.54 Å². The van der Waals surface area contributed by atoms with Crippen LogP contribution in [-0.4, -0.2) is 43.5 Å². The summed E-state index contributed by atoms with van der Waals surface area (Å²) in [5.74, 6) is 2.66. The second-order valence-electron chi connectivity index (χ2n) is 7.84. The normalized spacial score (nSPS) is 23.9. The van der Waals surface area contributed by atoms with Crippen LogP contribution in [0.2, 0.25) is 0 Å². The molecule has 4 heterocycles. The van der Waals surface area contributed by atoms with Crippen LogP contribution in [0, 0.1) is 0 Å². The third-order valence-corrected chi connectivity index (χ3v) is 7.28. The van der Waals surface area contributed by atoms with E-state index in [2.05, 4.69) is 28.2 Å². The van der Waals surface area contributed by atoms with Gasteiger partial charge in [-0.2, -0.15) is 4.98 Å². The highest BCUT2D eigenvalue weighted by atomic mass is 32.2. The first-order chi connectivity index (χ1) is 12.6. The van der Waals surface area contributed by atoms with Crippen molar-refractivity contribution in [1.29, 1.82) is 0 Å². The summed E-state index contributed by atoms with van der Waals surface area (Å²) in [4.78, 5) is 17.1. The summed E-state index contributed by atoms with van der Waals surface area (Å²) >= 11 is 0. The fourth-order valence-electron chi connectivity index (χ4n) is 3.97. The van der Waals surface area contributed by atoms with Gasteiger partial charge in [0.15, 0.2) is 0 Å². The van der Waals surface area contributed by atoms with Gasteiger partial charge in [-0.15, -0.1) is 0 Å². The molecule has 0 spiro atoms. The van der Waals surface area contributed by atoms with Crippen LogP contribution in [0.4, 0.5) is 11.8 Å². The highest BCUT2D eigenvalue weighted by Crippen LogP contribution is 2.39. The maximum atomic E-state index is 12.4. The van der Waals surface area contributed by atoms with E-state index in [0.29, 0.717) is 11.7 Å². The van der Waals surface area contributed by atoms with Gasteiger partial charge in [-0.1, -0.05) is 6.07 Å². The molecular formula is C19H23N5OS. The van der Waals surface area contributed by atoms with Crippen molar-refractivity contribution in [2.75, 3.05) is 29.1 Å². The van der Waals surface area contributed by atoms with Gasteiger partial charge >= 0.3 is 0 Å². The molecule has 2 aromatic heterocycles. The molecule has 2 aliphatic heterocycles. The first-order valence-corrected chi connectivity index (χ1v) is 10.7. The molecule has 1 saturated heterocycles. The van der Waals surface area contributed by atoms with Crippen LogP contribution < -0.4 is 10.2 Å². The molecule has 0 aromatic carbocycles. The van der Waals surface area contributed by atoms with Crippen LogP contribution in [0.1, 0.15) is 43.5 Å². The molecule has 0 radical (unpaired) electrons. The average Bonchev–Trinajstić information content (AvgIpc) is 2.94. The number of pyridine rings is 1. The average molecular weight is 369 g/mol. The highest BCUT2D eigenvalue weighted by Gasteiger charge is 2.37. The summed E-state index contributed by atoms with van der Waals surface area (Å²) in [7, 11) is -0.980. The van der Waals surface area contributed by atoms with Gasteiger partial charge in [0.2, 0.25) is 5.95 Å². The molecule has 0 amide bonds. The van der Waals surface area contributed by atoms with Crippen molar-refractivity contribution in [3.63, 3.8) is 0 Å². The number of hydrogen-bond acceptors (Lipinski definition) is 6. The minimum atomic E-state index is -0.980. The Morgan fingerprint density at radius 2 is 2.12 bits per heavy atom. The lowest BCUT2D eigenvalue weighted by atomic mass is 9.78. The van der Waals surface area contributed by atoms with Crippen molar-refractivity contribution in [3.05, 3.63) is 35.8 Å². The van der Waals surface area contributed by atoms with Crippen LogP contribution in [0.5, 0.6) is 0 Å². The number of anilines is 2. The summed E-state index contributed by atoms with van der Waals surface area (Å²) in [5, 5.41) is 3.59. The van der Waals surface area contributed by atoms with E-state index >= 15 is 0 Å². The molecule has 2 fully saturated rings. The Balaban J connectivity index is 1.41. The summed E-state index contributed by atoms with van der Waals surface area (Å²) in [6.07, 6.45) is 6.14. The topological polar surface area (TPSA) is 71.0 Å². The lowest BCUT2D eigenvalue weighted by Crippen LogP contribution is -2.47. The first kappa shape index (κ1) is 16.2. The second kappa shape index (κ2) is 6.01. The van der Waals surface area contributed by atoms with Gasteiger partial charge in [0.1, 0.15) is 10.7 Å². The maximum absolute atomic E-state index is 12.4. The van der Waals surface area contributed by atoms with Crippen molar-refractivity contribution in [1.82, 2.24) is 15.0 Å². The van der Waals surface area contributed by atoms with Crippen LogP contribution in [0.15, 0.2) is 29.3 Å². The summed E-state index contributed by atoms with van der Waals surface area (Å²) in [6, 6.07) is 6.06. The Labute approximate surface area is 155 Å². The first-order valence-electron chi connectivity index (χ1n) is 9.35. The SMILES string of the molecule is CC1(Nc2nc(N3CC(c4ccccn4)C3)nc3c2[S@](=O)CC3)CCC1. The molecule has 7 heteroatoms. The number of nitrogens with zero attached hydrogens (tertiary/aromatic N) is 4. The molecule has 1 saturated carbocycles. The molecule has 26 heavy (non-hydrogen) atoms. The van der Waals surface area contributed by atoms with Gasteiger partial charge in [0.25, 0.3) is 0 Å². The fraction of sp³-hybridized carbons (Fsp3) is 0.526. The van der Waals surface area contributed by atoms with Crippen molar-refractivity contribution < 1.29 is 4.21 Å². The molecule has 1 atom stereocenters. The van der Waals surface area contributed by atoms with Gasteiger partial charge in [0.05, 0.1) is 16.5 Å². The van der Waals surface area contributed by atoms with E-state index < -0.39 is 10.8 Å². The zero-order valence-corrected chi connectivity index (χ0v) is 15.8. The van der Waals surface area contributed by atoms with Crippen molar-refractivity contribution in [3.8, 4) is 0 Å². The number of nitrogens with one attached hydrogen (secondary N) is 1. The molecule has 6 nitrogen and oxygen atoms in total. The Morgan fingerprint density at radius 3 is 2.81 bits per heavy atom. The molecule has 136 valence electrons. The highest BCUT2D eigenvalue weighted by molar-refractivity contribution is 7.85. The minimum absolute atomic E-state index is 0.0810. The Hall–Kier alpha value is -2.02. The Kier molecular flexibility index (Phi) is 3.74. The van der Waals surface area contributed by atoms with Crippen LogP contribution in [0.25, 0.3) is 0 Å². The number of aryl methyl sites for hydroxylation is 1. The van der Waals surface area contributed by atoms with Gasteiger partial charge in [-0.25, -0.2) is 4.98 Å². The monoisotopic (exact) mass is 369 g/mol. The third kappa shape index (κ3) is 2.69. The number of rotatable bonds is 4. The molecule has 3 aliphatic rings. The van der Waals surface area contributed by atoms with Crippen LogP contribution in [0.3, 0.4) is 0 Å².